The molecule has 0 aliphatic carbocycles. The molecule has 1 aliphatic rings. The summed E-state index contributed by atoms with van der Waals surface area (Å²) < 4.78 is 5.96. The van der Waals surface area contributed by atoms with Crippen LogP contribution in [0.3, 0.4) is 0 Å². The van der Waals surface area contributed by atoms with E-state index in [1.807, 2.05) is 26.0 Å². The summed E-state index contributed by atoms with van der Waals surface area (Å²) in [7, 11) is 0. The molecule has 6 nitrogen and oxygen atoms in total. The Hall–Kier alpha value is -3.58. The maximum atomic E-state index is 13.0. The molecule has 0 saturated carbocycles. The highest BCUT2D eigenvalue weighted by Gasteiger charge is 2.38. The summed E-state index contributed by atoms with van der Waals surface area (Å²) in [4.78, 5) is 51.7. The van der Waals surface area contributed by atoms with Crippen molar-refractivity contribution in [2.75, 3.05) is 11.5 Å². The number of aryl methyl sites for hydroxylation is 2. The molecule has 0 atom stereocenters. The summed E-state index contributed by atoms with van der Waals surface area (Å²) in [5.74, 6) is -2.04. The van der Waals surface area contributed by atoms with Crippen LogP contribution >= 0.6 is 15.9 Å². The Balaban J connectivity index is 1.53. The predicted molar refractivity (Wildman–Crippen MR) is 122 cm³/mol. The average molecular weight is 492 g/mol. The van der Waals surface area contributed by atoms with Gasteiger partial charge < -0.3 is 4.74 Å². The average Bonchev–Trinajstić information content (AvgIpc) is 3.03. The summed E-state index contributed by atoms with van der Waals surface area (Å²) >= 11 is 3.30. The van der Waals surface area contributed by atoms with Crippen molar-refractivity contribution in [2.45, 2.75) is 13.8 Å². The van der Waals surface area contributed by atoms with E-state index in [1.165, 1.54) is 18.2 Å². The molecule has 2 amide bonds. The Labute approximate surface area is 192 Å². The number of hydrogen-bond donors (Lipinski definition) is 0. The number of esters is 1. The molecule has 1 heterocycles. The van der Waals surface area contributed by atoms with E-state index in [4.69, 9.17) is 4.74 Å². The van der Waals surface area contributed by atoms with Crippen LogP contribution in [0.2, 0.25) is 0 Å². The number of anilines is 1. The number of halogens is 1. The number of carbonyl (C=O) groups is 4. The Kier molecular flexibility index (Phi) is 5.76. The van der Waals surface area contributed by atoms with Gasteiger partial charge in [-0.25, -0.2) is 9.69 Å². The molecule has 0 bridgehead atoms. The molecule has 32 heavy (non-hydrogen) atoms. The molecule has 0 aromatic heterocycles. The number of amides is 2. The molecule has 4 rings (SSSR count). The van der Waals surface area contributed by atoms with Crippen LogP contribution in [0.1, 0.15) is 52.6 Å². The number of rotatable bonds is 5. The van der Waals surface area contributed by atoms with Gasteiger partial charge in [-0.3, -0.25) is 14.4 Å². The lowest BCUT2D eigenvalue weighted by molar-refractivity contribution is 0.0474. The standard InChI is InChI=1S/C25H18BrNO5/c1-14-3-4-15(2)21(11-14)27-23(29)19-10-7-17(12-20(19)24(27)30)25(31)32-13-22(28)16-5-8-18(26)9-6-16/h3-12H,13H2,1-2H3. The highest BCUT2D eigenvalue weighted by molar-refractivity contribution is 9.10. The number of fused-ring (bicyclic) bond motifs is 1. The molecular formula is C25H18BrNO5. The largest absolute Gasteiger partial charge is 0.454 e. The van der Waals surface area contributed by atoms with Crippen LogP contribution in [-0.4, -0.2) is 30.2 Å². The number of ether oxygens (including phenoxy) is 1. The number of Topliss-reactive ketones (excluding diaryl/α,β-unsaturated/α-hetero) is 1. The van der Waals surface area contributed by atoms with Crippen LogP contribution < -0.4 is 4.90 Å². The molecule has 1 aliphatic heterocycles. The molecule has 160 valence electrons. The van der Waals surface area contributed by atoms with Gasteiger partial charge in [0.1, 0.15) is 0 Å². The molecule has 0 unspecified atom stereocenters. The van der Waals surface area contributed by atoms with Gasteiger partial charge in [-0.2, -0.15) is 0 Å². The molecule has 0 radical (unpaired) electrons. The molecular weight excluding hydrogens is 474 g/mol. The zero-order valence-electron chi connectivity index (χ0n) is 17.3. The second-order valence-corrected chi connectivity index (χ2v) is 8.42. The van der Waals surface area contributed by atoms with E-state index in [1.54, 1.807) is 30.3 Å². The first-order chi connectivity index (χ1) is 15.3. The van der Waals surface area contributed by atoms with Gasteiger partial charge in [-0.05, 0) is 61.4 Å². The fourth-order valence-electron chi connectivity index (χ4n) is 3.48. The van der Waals surface area contributed by atoms with Crippen LogP contribution in [0, 0.1) is 13.8 Å². The molecule has 0 fully saturated rings. The second kappa shape index (κ2) is 8.51. The fourth-order valence-corrected chi connectivity index (χ4v) is 3.74. The quantitative estimate of drug-likeness (QED) is 0.287. The number of benzene rings is 3. The van der Waals surface area contributed by atoms with E-state index in [-0.39, 0.29) is 22.5 Å². The normalized spacial score (nSPS) is 12.7. The highest BCUT2D eigenvalue weighted by atomic mass is 79.9. The summed E-state index contributed by atoms with van der Waals surface area (Å²) in [6, 6.07) is 16.4. The van der Waals surface area contributed by atoms with Crippen molar-refractivity contribution < 1.29 is 23.9 Å². The van der Waals surface area contributed by atoms with E-state index >= 15 is 0 Å². The zero-order chi connectivity index (χ0) is 23.0. The second-order valence-electron chi connectivity index (χ2n) is 7.50. The van der Waals surface area contributed by atoms with Crippen molar-refractivity contribution in [3.8, 4) is 0 Å². The lowest BCUT2D eigenvalue weighted by Crippen LogP contribution is -2.30. The van der Waals surface area contributed by atoms with Crippen LogP contribution in [0.4, 0.5) is 5.69 Å². The minimum absolute atomic E-state index is 0.0938. The lowest BCUT2D eigenvalue weighted by Gasteiger charge is -2.17. The molecule has 0 N–H and O–H groups in total. The SMILES string of the molecule is Cc1ccc(C)c(N2C(=O)c3ccc(C(=O)OCC(=O)c4ccc(Br)cc4)cc3C2=O)c1. The van der Waals surface area contributed by atoms with Crippen molar-refractivity contribution in [3.63, 3.8) is 0 Å². The van der Waals surface area contributed by atoms with Crippen LogP contribution in [-0.2, 0) is 4.74 Å². The monoisotopic (exact) mass is 491 g/mol. The highest BCUT2D eigenvalue weighted by Crippen LogP contribution is 2.32. The van der Waals surface area contributed by atoms with E-state index < -0.39 is 24.4 Å². The summed E-state index contributed by atoms with van der Waals surface area (Å²) in [5.41, 5.74) is 3.08. The van der Waals surface area contributed by atoms with E-state index in [9.17, 15) is 19.2 Å². The number of hydrogen-bond acceptors (Lipinski definition) is 5. The van der Waals surface area contributed by atoms with Crippen molar-refractivity contribution >= 4 is 45.2 Å². The number of nitrogens with zero attached hydrogens (tertiary/aromatic N) is 1. The predicted octanol–water partition coefficient (Wildman–Crippen LogP) is 4.91. The van der Waals surface area contributed by atoms with Crippen LogP contribution in [0.5, 0.6) is 0 Å². The van der Waals surface area contributed by atoms with E-state index in [0.717, 1.165) is 20.5 Å². The fraction of sp³-hybridized carbons (Fsp3) is 0.120. The van der Waals surface area contributed by atoms with Gasteiger partial charge in [0.2, 0.25) is 0 Å². The third-order valence-electron chi connectivity index (χ3n) is 5.23. The van der Waals surface area contributed by atoms with Crippen LogP contribution in [0.25, 0.3) is 0 Å². The third-order valence-corrected chi connectivity index (χ3v) is 5.76. The molecule has 3 aromatic rings. The minimum Gasteiger partial charge on any atom is -0.454 e. The zero-order valence-corrected chi connectivity index (χ0v) is 18.9. The maximum Gasteiger partial charge on any atom is 0.338 e. The van der Waals surface area contributed by atoms with Gasteiger partial charge in [0.15, 0.2) is 12.4 Å². The first kappa shape index (κ1) is 21.6. The Morgan fingerprint density at radius 2 is 1.50 bits per heavy atom. The van der Waals surface area contributed by atoms with Crippen molar-refractivity contribution in [1.29, 1.82) is 0 Å². The van der Waals surface area contributed by atoms with Gasteiger partial charge in [-0.15, -0.1) is 0 Å². The first-order valence-electron chi connectivity index (χ1n) is 9.82. The smallest absolute Gasteiger partial charge is 0.338 e. The Morgan fingerprint density at radius 3 is 2.22 bits per heavy atom. The first-order valence-corrected chi connectivity index (χ1v) is 10.6. The number of imide groups is 1. The summed E-state index contributed by atoms with van der Waals surface area (Å²) in [5, 5.41) is 0. The summed E-state index contributed by atoms with van der Waals surface area (Å²) in [6.07, 6.45) is 0. The van der Waals surface area contributed by atoms with Gasteiger partial charge in [0.05, 0.1) is 22.4 Å². The molecule has 7 heteroatoms. The van der Waals surface area contributed by atoms with Crippen molar-refractivity contribution in [3.05, 3.63) is 98.5 Å². The minimum atomic E-state index is -0.747. The van der Waals surface area contributed by atoms with Gasteiger partial charge in [0, 0.05) is 10.0 Å². The third kappa shape index (κ3) is 3.99. The topological polar surface area (TPSA) is 80.8 Å². The van der Waals surface area contributed by atoms with Gasteiger partial charge in [0.25, 0.3) is 11.8 Å². The Bertz CT molecular complexity index is 1280. The van der Waals surface area contributed by atoms with Crippen molar-refractivity contribution in [2.24, 2.45) is 0 Å². The molecule has 3 aromatic carbocycles. The molecule has 0 spiro atoms. The van der Waals surface area contributed by atoms with Crippen LogP contribution in [0.15, 0.2) is 65.1 Å². The van der Waals surface area contributed by atoms with Crippen molar-refractivity contribution in [1.82, 2.24) is 0 Å². The number of ketones is 1. The van der Waals surface area contributed by atoms with Gasteiger partial charge >= 0.3 is 5.97 Å². The number of carbonyl (C=O) groups excluding carboxylic acids is 4. The van der Waals surface area contributed by atoms with E-state index in [2.05, 4.69) is 15.9 Å². The van der Waals surface area contributed by atoms with E-state index in [0.29, 0.717) is 11.3 Å². The summed E-state index contributed by atoms with van der Waals surface area (Å²) in [6.45, 7) is 3.27. The molecule has 0 saturated heterocycles. The Morgan fingerprint density at radius 1 is 0.844 bits per heavy atom. The van der Waals surface area contributed by atoms with Gasteiger partial charge in [-0.1, -0.05) is 40.2 Å². The maximum absolute atomic E-state index is 13.0. The lowest BCUT2D eigenvalue weighted by atomic mass is 10.1.